The molecule has 0 aromatic carbocycles. The number of hydrogen-bond donors (Lipinski definition) is 1. The second kappa shape index (κ2) is 6.88. The minimum Gasteiger partial charge on any atom is -0.377 e. The van der Waals surface area contributed by atoms with E-state index in [2.05, 4.69) is 39.5 Å². The molecular formula is C15H32N2O. The van der Waals surface area contributed by atoms with Crippen LogP contribution < -0.4 is 5.73 Å². The molecular weight excluding hydrogens is 224 g/mol. The molecule has 0 amide bonds. The number of rotatable bonds is 5. The third kappa shape index (κ3) is 4.52. The highest BCUT2D eigenvalue weighted by atomic mass is 16.5. The molecule has 1 heterocycles. The SMILES string of the molecule is CCCOC1CCCN(C(C(C)N)C(C)(C)C)C1. The van der Waals surface area contributed by atoms with E-state index in [1.54, 1.807) is 0 Å². The Morgan fingerprint density at radius 2 is 2.06 bits per heavy atom. The van der Waals surface area contributed by atoms with E-state index in [4.69, 9.17) is 10.5 Å². The maximum Gasteiger partial charge on any atom is 0.0702 e. The Kier molecular flexibility index (Phi) is 6.09. The molecule has 1 saturated heterocycles. The molecule has 0 spiro atoms. The summed E-state index contributed by atoms with van der Waals surface area (Å²) in [6.45, 7) is 14.3. The maximum atomic E-state index is 6.22. The van der Waals surface area contributed by atoms with Crippen molar-refractivity contribution in [2.45, 2.75) is 72.1 Å². The first kappa shape index (κ1) is 15.9. The smallest absolute Gasteiger partial charge is 0.0702 e. The number of hydrogen-bond acceptors (Lipinski definition) is 3. The number of nitrogens with zero attached hydrogens (tertiary/aromatic N) is 1. The summed E-state index contributed by atoms with van der Waals surface area (Å²) in [6.07, 6.45) is 3.94. The number of likely N-dealkylation sites (tertiary alicyclic amines) is 1. The average molecular weight is 256 g/mol. The molecule has 1 fully saturated rings. The van der Waals surface area contributed by atoms with Gasteiger partial charge in [-0.1, -0.05) is 27.7 Å². The van der Waals surface area contributed by atoms with Crippen molar-refractivity contribution < 1.29 is 4.74 Å². The minimum atomic E-state index is 0.204. The van der Waals surface area contributed by atoms with Gasteiger partial charge in [0.05, 0.1) is 6.10 Å². The molecule has 3 unspecified atom stereocenters. The molecule has 0 saturated carbocycles. The van der Waals surface area contributed by atoms with Crippen molar-refractivity contribution in [1.29, 1.82) is 0 Å². The molecule has 0 radical (unpaired) electrons. The van der Waals surface area contributed by atoms with Crippen LogP contribution in [0.2, 0.25) is 0 Å². The average Bonchev–Trinajstić information content (AvgIpc) is 2.24. The first-order valence-electron chi connectivity index (χ1n) is 7.47. The van der Waals surface area contributed by atoms with Gasteiger partial charge in [-0.15, -0.1) is 0 Å². The van der Waals surface area contributed by atoms with Crippen molar-refractivity contribution in [2.75, 3.05) is 19.7 Å². The van der Waals surface area contributed by atoms with Gasteiger partial charge >= 0.3 is 0 Å². The second-order valence-electron chi connectivity index (χ2n) is 6.80. The topological polar surface area (TPSA) is 38.5 Å². The van der Waals surface area contributed by atoms with Crippen molar-refractivity contribution in [3.63, 3.8) is 0 Å². The quantitative estimate of drug-likeness (QED) is 0.822. The molecule has 108 valence electrons. The number of piperidine rings is 1. The van der Waals surface area contributed by atoms with E-state index in [0.717, 1.165) is 26.1 Å². The van der Waals surface area contributed by atoms with E-state index in [1.165, 1.54) is 12.8 Å². The number of nitrogens with two attached hydrogens (primary N) is 1. The molecule has 2 N–H and O–H groups in total. The Hall–Kier alpha value is -0.120. The van der Waals surface area contributed by atoms with Gasteiger partial charge in [-0.05, 0) is 38.1 Å². The van der Waals surface area contributed by atoms with Crippen LogP contribution in [-0.4, -0.2) is 42.8 Å². The summed E-state index contributed by atoms with van der Waals surface area (Å²) < 4.78 is 5.92. The van der Waals surface area contributed by atoms with Crippen molar-refractivity contribution >= 4 is 0 Å². The minimum absolute atomic E-state index is 0.204. The van der Waals surface area contributed by atoms with E-state index in [-0.39, 0.29) is 11.5 Å². The normalized spacial score (nSPS) is 26.0. The van der Waals surface area contributed by atoms with Gasteiger partial charge in [-0.2, -0.15) is 0 Å². The van der Waals surface area contributed by atoms with Crippen molar-refractivity contribution in [3.8, 4) is 0 Å². The lowest BCUT2D eigenvalue weighted by Crippen LogP contribution is -2.57. The fourth-order valence-corrected chi connectivity index (χ4v) is 3.31. The highest BCUT2D eigenvalue weighted by Crippen LogP contribution is 2.29. The van der Waals surface area contributed by atoms with Gasteiger partial charge in [-0.3, -0.25) is 4.90 Å². The summed E-state index contributed by atoms with van der Waals surface area (Å²) in [4.78, 5) is 2.55. The molecule has 1 aliphatic rings. The van der Waals surface area contributed by atoms with Crippen molar-refractivity contribution in [2.24, 2.45) is 11.1 Å². The summed E-state index contributed by atoms with van der Waals surface area (Å²) in [5.74, 6) is 0. The molecule has 0 aliphatic carbocycles. The zero-order chi connectivity index (χ0) is 13.8. The fourth-order valence-electron chi connectivity index (χ4n) is 3.31. The van der Waals surface area contributed by atoms with Crippen LogP contribution in [0.5, 0.6) is 0 Å². The van der Waals surface area contributed by atoms with Crippen LogP contribution in [0.4, 0.5) is 0 Å². The highest BCUT2D eigenvalue weighted by molar-refractivity contribution is 4.91. The second-order valence-corrected chi connectivity index (χ2v) is 6.80. The van der Waals surface area contributed by atoms with Crippen LogP contribution in [0, 0.1) is 5.41 Å². The Morgan fingerprint density at radius 3 is 2.56 bits per heavy atom. The van der Waals surface area contributed by atoms with Gasteiger partial charge < -0.3 is 10.5 Å². The molecule has 3 nitrogen and oxygen atoms in total. The van der Waals surface area contributed by atoms with Crippen LogP contribution in [0.25, 0.3) is 0 Å². The molecule has 18 heavy (non-hydrogen) atoms. The monoisotopic (exact) mass is 256 g/mol. The van der Waals surface area contributed by atoms with Gasteiger partial charge in [-0.25, -0.2) is 0 Å². The Labute approximate surface area is 113 Å². The molecule has 1 aliphatic heterocycles. The molecule has 0 aromatic rings. The van der Waals surface area contributed by atoms with Crippen LogP contribution in [-0.2, 0) is 4.74 Å². The summed E-state index contributed by atoms with van der Waals surface area (Å²) >= 11 is 0. The lowest BCUT2D eigenvalue weighted by Gasteiger charge is -2.46. The van der Waals surface area contributed by atoms with Gasteiger partial charge in [0.2, 0.25) is 0 Å². The molecule has 3 heteroatoms. The van der Waals surface area contributed by atoms with E-state index in [9.17, 15) is 0 Å². The Balaban J connectivity index is 2.62. The summed E-state index contributed by atoms with van der Waals surface area (Å²) in [7, 11) is 0. The Morgan fingerprint density at radius 1 is 1.39 bits per heavy atom. The van der Waals surface area contributed by atoms with Crippen molar-refractivity contribution in [1.82, 2.24) is 4.90 Å². The number of ether oxygens (including phenoxy) is 1. The van der Waals surface area contributed by atoms with Crippen LogP contribution in [0.15, 0.2) is 0 Å². The zero-order valence-corrected chi connectivity index (χ0v) is 12.9. The lowest BCUT2D eigenvalue weighted by molar-refractivity contribution is -0.0334. The highest BCUT2D eigenvalue weighted by Gasteiger charge is 2.35. The van der Waals surface area contributed by atoms with Crippen LogP contribution in [0.3, 0.4) is 0 Å². The molecule has 0 aromatic heterocycles. The predicted octanol–water partition coefficient (Wildman–Crippen LogP) is 2.64. The lowest BCUT2D eigenvalue weighted by atomic mass is 9.81. The van der Waals surface area contributed by atoms with E-state index in [0.29, 0.717) is 12.1 Å². The standard InChI is InChI=1S/C15H32N2O/c1-6-10-18-13-8-7-9-17(11-13)14(12(2)16)15(3,4)5/h12-14H,6-11,16H2,1-5H3. The van der Waals surface area contributed by atoms with E-state index < -0.39 is 0 Å². The third-order valence-corrected chi connectivity index (χ3v) is 3.75. The predicted molar refractivity (Wildman–Crippen MR) is 77.7 cm³/mol. The zero-order valence-electron chi connectivity index (χ0n) is 12.9. The first-order valence-corrected chi connectivity index (χ1v) is 7.47. The first-order chi connectivity index (χ1) is 8.36. The van der Waals surface area contributed by atoms with Gasteiger partial charge in [0.25, 0.3) is 0 Å². The summed E-state index contributed by atoms with van der Waals surface area (Å²) in [6, 6.07) is 0.639. The van der Waals surface area contributed by atoms with Crippen molar-refractivity contribution in [3.05, 3.63) is 0 Å². The molecule has 3 atom stereocenters. The van der Waals surface area contributed by atoms with Gasteiger partial charge in [0.15, 0.2) is 0 Å². The third-order valence-electron chi connectivity index (χ3n) is 3.75. The fraction of sp³-hybridized carbons (Fsp3) is 1.00. The largest absolute Gasteiger partial charge is 0.377 e. The van der Waals surface area contributed by atoms with Gasteiger partial charge in [0, 0.05) is 25.2 Å². The summed E-state index contributed by atoms with van der Waals surface area (Å²) in [5, 5.41) is 0. The van der Waals surface area contributed by atoms with Crippen LogP contribution >= 0.6 is 0 Å². The Bertz CT molecular complexity index is 235. The van der Waals surface area contributed by atoms with E-state index >= 15 is 0 Å². The molecule has 1 rings (SSSR count). The van der Waals surface area contributed by atoms with Crippen LogP contribution in [0.1, 0.15) is 53.9 Å². The van der Waals surface area contributed by atoms with E-state index in [1.807, 2.05) is 0 Å². The maximum absolute atomic E-state index is 6.22. The summed E-state index contributed by atoms with van der Waals surface area (Å²) in [5.41, 5.74) is 6.44. The van der Waals surface area contributed by atoms with Gasteiger partial charge in [0.1, 0.15) is 0 Å². The molecule has 0 bridgehead atoms.